The van der Waals surface area contributed by atoms with Crippen molar-refractivity contribution in [3.8, 4) is 5.75 Å². The molecule has 0 aliphatic carbocycles. The molecular weight excluding hydrogens is 262 g/mol. The Balaban J connectivity index is 2.37. The lowest BCUT2D eigenvalue weighted by Gasteiger charge is -2.32. The summed E-state index contributed by atoms with van der Waals surface area (Å²) in [5.74, 6) is 0.803. The minimum absolute atomic E-state index is 0.0228. The molecule has 112 valence electrons. The number of aliphatic hydroxyl groups is 1. The van der Waals surface area contributed by atoms with Crippen LogP contribution in [-0.4, -0.2) is 18.3 Å². The maximum atomic E-state index is 9.94. The highest BCUT2D eigenvalue weighted by Gasteiger charge is 2.29. The molecule has 0 aliphatic rings. The zero-order chi connectivity index (χ0) is 15.3. The standard InChI is InChI=1S/C18H23NO2/c1-4-21-17-11-6-5-10-16(17)18(3,13-20)19-15-9-7-8-14(2)12-15/h5-12,19-20H,4,13H2,1-3H3. The Morgan fingerprint density at radius 3 is 2.57 bits per heavy atom. The Bertz CT molecular complexity index is 597. The molecule has 3 heteroatoms. The van der Waals surface area contributed by atoms with Crippen molar-refractivity contribution < 1.29 is 9.84 Å². The molecule has 0 fully saturated rings. The number of hydrogen-bond donors (Lipinski definition) is 2. The second-order valence-electron chi connectivity index (χ2n) is 5.41. The van der Waals surface area contributed by atoms with E-state index in [0.29, 0.717) is 6.61 Å². The summed E-state index contributed by atoms with van der Waals surface area (Å²) in [7, 11) is 0. The van der Waals surface area contributed by atoms with Crippen LogP contribution in [0.4, 0.5) is 5.69 Å². The third-order valence-corrected chi connectivity index (χ3v) is 3.54. The first kappa shape index (κ1) is 15.4. The normalized spacial score (nSPS) is 13.5. The average molecular weight is 285 g/mol. The number of hydrogen-bond acceptors (Lipinski definition) is 3. The van der Waals surface area contributed by atoms with Gasteiger partial charge in [-0.15, -0.1) is 0 Å². The summed E-state index contributed by atoms with van der Waals surface area (Å²) >= 11 is 0. The van der Waals surface area contributed by atoms with Crippen LogP contribution in [0.1, 0.15) is 25.0 Å². The van der Waals surface area contributed by atoms with Gasteiger partial charge in [-0.05, 0) is 44.5 Å². The third-order valence-electron chi connectivity index (χ3n) is 3.54. The molecule has 3 nitrogen and oxygen atoms in total. The highest BCUT2D eigenvalue weighted by molar-refractivity contribution is 5.52. The lowest BCUT2D eigenvalue weighted by Crippen LogP contribution is -2.36. The van der Waals surface area contributed by atoms with E-state index in [1.807, 2.05) is 50.2 Å². The van der Waals surface area contributed by atoms with Gasteiger partial charge in [0.25, 0.3) is 0 Å². The minimum Gasteiger partial charge on any atom is -0.494 e. The summed E-state index contributed by atoms with van der Waals surface area (Å²) in [6.07, 6.45) is 0. The number of rotatable bonds is 6. The van der Waals surface area contributed by atoms with E-state index in [1.165, 1.54) is 5.56 Å². The van der Waals surface area contributed by atoms with Gasteiger partial charge in [-0.3, -0.25) is 0 Å². The topological polar surface area (TPSA) is 41.5 Å². The van der Waals surface area contributed by atoms with Crippen LogP contribution in [0.15, 0.2) is 48.5 Å². The van der Waals surface area contributed by atoms with Crippen LogP contribution >= 0.6 is 0 Å². The van der Waals surface area contributed by atoms with Crippen LogP contribution in [0.25, 0.3) is 0 Å². The fourth-order valence-electron chi connectivity index (χ4n) is 2.44. The van der Waals surface area contributed by atoms with Crippen molar-refractivity contribution in [2.45, 2.75) is 26.3 Å². The number of aryl methyl sites for hydroxylation is 1. The largest absolute Gasteiger partial charge is 0.494 e. The number of para-hydroxylation sites is 1. The predicted molar refractivity (Wildman–Crippen MR) is 86.9 cm³/mol. The SMILES string of the molecule is CCOc1ccccc1C(C)(CO)Nc1cccc(C)c1. The van der Waals surface area contributed by atoms with Crippen molar-refractivity contribution in [3.05, 3.63) is 59.7 Å². The summed E-state index contributed by atoms with van der Waals surface area (Å²) in [4.78, 5) is 0. The van der Waals surface area contributed by atoms with Gasteiger partial charge >= 0.3 is 0 Å². The van der Waals surface area contributed by atoms with Gasteiger partial charge in [0.15, 0.2) is 0 Å². The number of ether oxygens (including phenoxy) is 1. The third kappa shape index (κ3) is 3.56. The summed E-state index contributed by atoms with van der Waals surface area (Å²) in [6.45, 7) is 6.57. The molecule has 21 heavy (non-hydrogen) atoms. The lowest BCUT2D eigenvalue weighted by atomic mass is 9.91. The molecule has 0 saturated heterocycles. The van der Waals surface area contributed by atoms with E-state index < -0.39 is 5.54 Å². The van der Waals surface area contributed by atoms with Gasteiger partial charge in [-0.1, -0.05) is 30.3 Å². The molecule has 0 spiro atoms. The first-order valence-electron chi connectivity index (χ1n) is 7.27. The maximum absolute atomic E-state index is 9.94. The minimum atomic E-state index is -0.598. The number of anilines is 1. The van der Waals surface area contributed by atoms with E-state index >= 15 is 0 Å². The van der Waals surface area contributed by atoms with Gasteiger partial charge in [0.1, 0.15) is 5.75 Å². The second kappa shape index (κ2) is 6.64. The first-order valence-corrected chi connectivity index (χ1v) is 7.27. The molecule has 0 heterocycles. The van der Waals surface area contributed by atoms with Crippen LogP contribution in [-0.2, 0) is 5.54 Å². The molecule has 2 aromatic carbocycles. The van der Waals surface area contributed by atoms with Gasteiger partial charge in [0, 0.05) is 11.3 Å². The molecule has 0 saturated carbocycles. The quantitative estimate of drug-likeness (QED) is 0.850. The van der Waals surface area contributed by atoms with E-state index in [9.17, 15) is 5.11 Å². The van der Waals surface area contributed by atoms with E-state index in [-0.39, 0.29) is 6.61 Å². The van der Waals surface area contributed by atoms with Crippen molar-refractivity contribution in [3.63, 3.8) is 0 Å². The van der Waals surface area contributed by atoms with E-state index in [2.05, 4.69) is 24.4 Å². The molecule has 0 bridgehead atoms. The summed E-state index contributed by atoms with van der Waals surface area (Å²) in [5, 5.41) is 13.4. The Morgan fingerprint density at radius 2 is 1.90 bits per heavy atom. The van der Waals surface area contributed by atoms with Crippen LogP contribution in [0.3, 0.4) is 0 Å². The molecule has 0 amide bonds. The summed E-state index contributed by atoms with van der Waals surface area (Å²) in [6, 6.07) is 16.0. The lowest BCUT2D eigenvalue weighted by molar-refractivity contribution is 0.218. The average Bonchev–Trinajstić information content (AvgIpc) is 2.48. The summed E-state index contributed by atoms with van der Waals surface area (Å²) < 4.78 is 5.70. The van der Waals surface area contributed by atoms with Crippen molar-refractivity contribution in [2.75, 3.05) is 18.5 Å². The van der Waals surface area contributed by atoms with E-state index in [4.69, 9.17) is 4.74 Å². The molecular formula is C18H23NO2. The van der Waals surface area contributed by atoms with Crippen LogP contribution in [0, 0.1) is 6.92 Å². The molecule has 2 N–H and O–H groups in total. The van der Waals surface area contributed by atoms with Crippen LogP contribution in [0.5, 0.6) is 5.75 Å². The predicted octanol–water partition coefficient (Wildman–Crippen LogP) is 3.71. The highest BCUT2D eigenvalue weighted by atomic mass is 16.5. The van der Waals surface area contributed by atoms with Crippen LogP contribution in [0.2, 0.25) is 0 Å². The van der Waals surface area contributed by atoms with Gasteiger partial charge in [-0.25, -0.2) is 0 Å². The van der Waals surface area contributed by atoms with Crippen molar-refractivity contribution >= 4 is 5.69 Å². The zero-order valence-electron chi connectivity index (χ0n) is 12.9. The van der Waals surface area contributed by atoms with E-state index in [0.717, 1.165) is 17.0 Å². The van der Waals surface area contributed by atoms with Crippen molar-refractivity contribution in [1.82, 2.24) is 0 Å². The number of benzene rings is 2. The fourth-order valence-corrected chi connectivity index (χ4v) is 2.44. The molecule has 1 atom stereocenters. The Morgan fingerprint density at radius 1 is 1.14 bits per heavy atom. The Hall–Kier alpha value is -2.00. The first-order chi connectivity index (χ1) is 10.1. The monoisotopic (exact) mass is 285 g/mol. The highest BCUT2D eigenvalue weighted by Crippen LogP contribution is 2.33. The van der Waals surface area contributed by atoms with Crippen LogP contribution < -0.4 is 10.1 Å². The van der Waals surface area contributed by atoms with Gasteiger partial charge in [0.05, 0.1) is 18.8 Å². The zero-order valence-corrected chi connectivity index (χ0v) is 12.9. The molecule has 0 radical (unpaired) electrons. The van der Waals surface area contributed by atoms with Gasteiger partial charge in [0.2, 0.25) is 0 Å². The van der Waals surface area contributed by atoms with Crippen molar-refractivity contribution in [2.24, 2.45) is 0 Å². The smallest absolute Gasteiger partial charge is 0.124 e. The molecule has 0 aliphatic heterocycles. The fraction of sp³-hybridized carbons (Fsp3) is 0.333. The van der Waals surface area contributed by atoms with Gasteiger partial charge < -0.3 is 15.2 Å². The summed E-state index contributed by atoms with van der Waals surface area (Å²) in [5.41, 5.74) is 2.52. The molecule has 2 aromatic rings. The van der Waals surface area contributed by atoms with Crippen molar-refractivity contribution in [1.29, 1.82) is 0 Å². The molecule has 1 unspecified atom stereocenters. The van der Waals surface area contributed by atoms with Gasteiger partial charge in [-0.2, -0.15) is 0 Å². The molecule has 2 rings (SSSR count). The maximum Gasteiger partial charge on any atom is 0.124 e. The number of aliphatic hydroxyl groups excluding tert-OH is 1. The number of nitrogens with one attached hydrogen (secondary N) is 1. The second-order valence-corrected chi connectivity index (χ2v) is 5.41. The Kier molecular flexibility index (Phi) is 4.86. The van der Waals surface area contributed by atoms with E-state index in [1.54, 1.807) is 0 Å². The Labute approximate surface area is 126 Å². The molecule has 0 aromatic heterocycles.